The number of Topliss-reactive ketones (excluding diaryl/α,β-unsaturated/α-hetero) is 1. The molecule has 2 N–H and O–H groups in total. The molecule has 0 radical (unpaired) electrons. The zero-order chi connectivity index (χ0) is 27.4. The molecule has 1 fully saturated rings. The fourth-order valence-corrected chi connectivity index (χ4v) is 4.67. The number of methoxy groups -OCH3 is 2. The number of aliphatic hydroxyl groups is 1. The standard InChI is InChI=1S/C30H31NO7/c1-5-38-23-13-9-21(16-18(23)2)28(33)26-27(20-7-10-22(32)11-8-20)31(30(35)29(26)34)15-14-19-6-12-24(36-3)25(17-19)37-4/h6-13,16-17,27,32-33H,5,14-15H2,1-4H3/b28-26-. The van der Waals surface area contributed by atoms with Gasteiger partial charge in [0, 0.05) is 12.1 Å². The number of phenols is 1. The highest BCUT2D eigenvalue weighted by Crippen LogP contribution is 2.40. The van der Waals surface area contributed by atoms with Gasteiger partial charge in [0.25, 0.3) is 11.7 Å². The maximum Gasteiger partial charge on any atom is 0.295 e. The summed E-state index contributed by atoms with van der Waals surface area (Å²) in [5.74, 6) is 0.153. The van der Waals surface area contributed by atoms with Gasteiger partial charge in [-0.25, -0.2) is 0 Å². The normalized spacial score (nSPS) is 16.5. The van der Waals surface area contributed by atoms with Crippen LogP contribution < -0.4 is 14.2 Å². The van der Waals surface area contributed by atoms with E-state index < -0.39 is 17.7 Å². The van der Waals surface area contributed by atoms with Gasteiger partial charge in [-0.05, 0) is 79.4 Å². The van der Waals surface area contributed by atoms with Crippen LogP contribution in [0.5, 0.6) is 23.0 Å². The van der Waals surface area contributed by atoms with Crippen LogP contribution in [0.4, 0.5) is 0 Å². The molecule has 0 spiro atoms. The fourth-order valence-electron chi connectivity index (χ4n) is 4.67. The van der Waals surface area contributed by atoms with Crippen molar-refractivity contribution in [1.82, 2.24) is 4.90 Å². The van der Waals surface area contributed by atoms with Crippen molar-refractivity contribution in [3.05, 3.63) is 88.5 Å². The second-order valence-corrected chi connectivity index (χ2v) is 8.94. The molecule has 198 valence electrons. The Morgan fingerprint density at radius 2 is 1.61 bits per heavy atom. The molecule has 1 aliphatic rings. The molecule has 3 aromatic rings. The average Bonchev–Trinajstić information content (AvgIpc) is 3.17. The molecule has 0 aromatic heterocycles. The summed E-state index contributed by atoms with van der Waals surface area (Å²) in [4.78, 5) is 28.0. The molecular weight excluding hydrogens is 486 g/mol. The molecule has 1 atom stereocenters. The SMILES string of the molecule is CCOc1ccc(/C(O)=C2/C(=O)C(=O)N(CCc3ccc(OC)c(OC)c3)C2c2ccc(O)cc2)cc1C. The van der Waals surface area contributed by atoms with Gasteiger partial charge < -0.3 is 29.3 Å². The van der Waals surface area contributed by atoms with Gasteiger partial charge in [0.1, 0.15) is 17.3 Å². The van der Waals surface area contributed by atoms with Crippen LogP contribution in [0, 0.1) is 6.92 Å². The number of benzene rings is 3. The second kappa shape index (κ2) is 11.3. The number of aryl methyl sites for hydroxylation is 1. The largest absolute Gasteiger partial charge is 0.508 e. The molecule has 4 rings (SSSR count). The topological polar surface area (TPSA) is 106 Å². The van der Waals surface area contributed by atoms with Crippen LogP contribution >= 0.6 is 0 Å². The van der Waals surface area contributed by atoms with Crippen molar-refractivity contribution in [1.29, 1.82) is 0 Å². The first-order chi connectivity index (χ1) is 18.3. The van der Waals surface area contributed by atoms with E-state index in [1.807, 2.05) is 26.0 Å². The first kappa shape index (κ1) is 26.6. The van der Waals surface area contributed by atoms with Gasteiger partial charge >= 0.3 is 0 Å². The number of rotatable bonds is 9. The van der Waals surface area contributed by atoms with E-state index in [1.54, 1.807) is 50.6 Å². The summed E-state index contributed by atoms with van der Waals surface area (Å²) >= 11 is 0. The average molecular weight is 518 g/mol. The van der Waals surface area contributed by atoms with Gasteiger partial charge in [-0.1, -0.05) is 18.2 Å². The molecule has 1 unspecified atom stereocenters. The Hall–Kier alpha value is -4.46. The van der Waals surface area contributed by atoms with Gasteiger partial charge in [-0.15, -0.1) is 0 Å². The van der Waals surface area contributed by atoms with Crippen molar-refractivity contribution in [2.24, 2.45) is 0 Å². The number of hydrogen-bond acceptors (Lipinski definition) is 7. The fraction of sp³-hybridized carbons (Fsp3) is 0.267. The van der Waals surface area contributed by atoms with Gasteiger partial charge in [0.15, 0.2) is 11.5 Å². The minimum Gasteiger partial charge on any atom is -0.508 e. The maximum absolute atomic E-state index is 13.3. The molecule has 8 nitrogen and oxygen atoms in total. The van der Waals surface area contributed by atoms with E-state index >= 15 is 0 Å². The maximum atomic E-state index is 13.3. The predicted octanol–water partition coefficient (Wildman–Crippen LogP) is 4.78. The molecular formula is C30H31NO7. The lowest BCUT2D eigenvalue weighted by Gasteiger charge is -2.25. The van der Waals surface area contributed by atoms with Gasteiger partial charge in [0.05, 0.1) is 32.4 Å². The first-order valence-corrected chi connectivity index (χ1v) is 12.3. The summed E-state index contributed by atoms with van der Waals surface area (Å²) in [6.07, 6.45) is 0.435. The lowest BCUT2D eigenvalue weighted by atomic mass is 9.94. The van der Waals surface area contributed by atoms with Crippen LogP contribution in [-0.4, -0.2) is 54.2 Å². The van der Waals surface area contributed by atoms with Crippen LogP contribution in [0.1, 0.15) is 35.2 Å². The summed E-state index contributed by atoms with van der Waals surface area (Å²) in [6.45, 7) is 4.44. The Balaban J connectivity index is 1.74. The lowest BCUT2D eigenvalue weighted by molar-refractivity contribution is -0.139. The molecule has 0 aliphatic carbocycles. The predicted molar refractivity (Wildman–Crippen MR) is 143 cm³/mol. The van der Waals surface area contributed by atoms with E-state index in [4.69, 9.17) is 14.2 Å². The Bertz CT molecular complexity index is 1380. The second-order valence-electron chi connectivity index (χ2n) is 8.94. The van der Waals surface area contributed by atoms with E-state index in [-0.39, 0.29) is 23.6 Å². The van der Waals surface area contributed by atoms with Gasteiger partial charge in [-0.2, -0.15) is 0 Å². The molecule has 1 aliphatic heterocycles. The van der Waals surface area contributed by atoms with Crippen molar-refractivity contribution in [2.75, 3.05) is 27.4 Å². The van der Waals surface area contributed by atoms with E-state index in [0.717, 1.165) is 11.1 Å². The number of amides is 1. The zero-order valence-electron chi connectivity index (χ0n) is 21.9. The molecule has 3 aromatic carbocycles. The van der Waals surface area contributed by atoms with Crippen LogP contribution in [0.3, 0.4) is 0 Å². The number of nitrogens with zero attached hydrogens (tertiary/aromatic N) is 1. The van der Waals surface area contributed by atoms with E-state index in [1.165, 1.54) is 17.0 Å². The van der Waals surface area contributed by atoms with Crippen molar-refractivity contribution >= 4 is 17.4 Å². The molecule has 38 heavy (non-hydrogen) atoms. The van der Waals surface area contributed by atoms with Crippen molar-refractivity contribution in [3.8, 4) is 23.0 Å². The lowest BCUT2D eigenvalue weighted by Crippen LogP contribution is -2.31. The van der Waals surface area contributed by atoms with Crippen molar-refractivity contribution in [2.45, 2.75) is 26.3 Å². The summed E-state index contributed by atoms with van der Waals surface area (Å²) in [6, 6.07) is 16.0. The first-order valence-electron chi connectivity index (χ1n) is 12.3. The summed E-state index contributed by atoms with van der Waals surface area (Å²) < 4.78 is 16.3. The van der Waals surface area contributed by atoms with Gasteiger partial charge in [-0.3, -0.25) is 9.59 Å². The summed E-state index contributed by atoms with van der Waals surface area (Å²) in [5.41, 5.74) is 2.68. The summed E-state index contributed by atoms with van der Waals surface area (Å²) in [5, 5.41) is 21.2. The number of carbonyl (C=O) groups is 2. The Morgan fingerprint density at radius 3 is 2.24 bits per heavy atom. The quantitative estimate of drug-likeness (QED) is 0.239. The van der Waals surface area contributed by atoms with Crippen molar-refractivity contribution < 1.29 is 34.0 Å². The highest BCUT2D eigenvalue weighted by molar-refractivity contribution is 6.46. The Labute approximate surface area is 221 Å². The molecule has 1 heterocycles. The number of likely N-dealkylation sites (tertiary alicyclic amines) is 1. The van der Waals surface area contributed by atoms with Crippen LogP contribution in [0.15, 0.2) is 66.2 Å². The molecule has 0 bridgehead atoms. The van der Waals surface area contributed by atoms with E-state index in [2.05, 4.69) is 0 Å². The zero-order valence-corrected chi connectivity index (χ0v) is 21.9. The van der Waals surface area contributed by atoms with E-state index in [0.29, 0.717) is 41.4 Å². The number of aliphatic hydroxyl groups excluding tert-OH is 1. The minimum absolute atomic E-state index is 0.00318. The van der Waals surface area contributed by atoms with Crippen LogP contribution in [-0.2, 0) is 16.0 Å². The number of ether oxygens (including phenoxy) is 3. The van der Waals surface area contributed by atoms with Crippen LogP contribution in [0.2, 0.25) is 0 Å². The highest BCUT2D eigenvalue weighted by Gasteiger charge is 2.45. The minimum atomic E-state index is -0.831. The van der Waals surface area contributed by atoms with Crippen molar-refractivity contribution in [3.63, 3.8) is 0 Å². The van der Waals surface area contributed by atoms with Crippen LogP contribution in [0.25, 0.3) is 5.76 Å². The number of hydrogen-bond donors (Lipinski definition) is 2. The molecule has 0 saturated carbocycles. The summed E-state index contributed by atoms with van der Waals surface area (Å²) in [7, 11) is 3.11. The molecule has 8 heteroatoms. The third-order valence-electron chi connectivity index (χ3n) is 6.59. The number of ketones is 1. The monoisotopic (exact) mass is 517 g/mol. The third kappa shape index (κ3) is 5.16. The Kier molecular flexibility index (Phi) is 7.90. The third-order valence-corrected chi connectivity index (χ3v) is 6.59. The highest BCUT2D eigenvalue weighted by atomic mass is 16.5. The number of phenolic OH excluding ortho intramolecular Hbond substituents is 1. The molecule has 1 saturated heterocycles. The number of aromatic hydroxyl groups is 1. The number of carbonyl (C=O) groups excluding carboxylic acids is 2. The molecule has 1 amide bonds. The van der Waals surface area contributed by atoms with E-state index in [9.17, 15) is 19.8 Å². The smallest absolute Gasteiger partial charge is 0.295 e. The Morgan fingerprint density at radius 1 is 0.921 bits per heavy atom. The van der Waals surface area contributed by atoms with Gasteiger partial charge in [0.2, 0.25) is 0 Å².